The van der Waals surface area contributed by atoms with Gasteiger partial charge in [0.15, 0.2) is 0 Å². The number of nitrogens with zero attached hydrogens (tertiary/aromatic N) is 4. The maximum atomic E-state index is 13.8. The highest BCUT2D eigenvalue weighted by Gasteiger charge is 2.64. The third-order valence-electron chi connectivity index (χ3n) is 7.54. The topological polar surface area (TPSA) is 90.9 Å². The summed E-state index contributed by atoms with van der Waals surface area (Å²) in [6.45, 7) is 0.452. The average Bonchev–Trinajstić information content (AvgIpc) is 3.64. The number of carbonyl (C=O) groups excluding carboxylic acids is 4. The van der Waals surface area contributed by atoms with Crippen molar-refractivity contribution in [3.05, 3.63) is 59.1 Å². The van der Waals surface area contributed by atoms with E-state index in [1.54, 1.807) is 29.4 Å². The van der Waals surface area contributed by atoms with Crippen molar-refractivity contribution in [2.24, 2.45) is 17.8 Å². The van der Waals surface area contributed by atoms with Crippen LogP contribution in [0.15, 0.2) is 42.7 Å². The predicted molar refractivity (Wildman–Crippen MR) is 122 cm³/mol. The van der Waals surface area contributed by atoms with Crippen LogP contribution in [0.4, 0.5) is 10.1 Å². The summed E-state index contributed by atoms with van der Waals surface area (Å²) in [5, 5.41) is -0.0532. The highest BCUT2D eigenvalue weighted by Crippen LogP contribution is 2.48. The van der Waals surface area contributed by atoms with Crippen LogP contribution in [0.1, 0.15) is 24.8 Å². The van der Waals surface area contributed by atoms with Crippen LogP contribution in [0.5, 0.6) is 0 Å². The Labute approximate surface area is 205 Å². The molecule has 0 spiro atoms. The molecule has 4 unspecified atom stereocenters. The number of pyridine rings is 1. The van der Waals surface area contributed by atoms with Gasteiger partial charge in [0.25, 0.3) is 11.8 Å². The molecule has 4 aliphatic rings. The van der Waals surface area contributed by atoms with Crippen LogP contribution in [0, 0.1) is 23.6 Å². The van der Waals surface area contributed by atoms with E-state index >= 15 is 0 Å². The second-order valence-electron chi connectivity index (χ2n) is 9.63. The molecule has 0 bridgehead atoms. The monoisotopic (exact) mass is 496 g/mol. The number of aromatic nitrogens is 1. The Kier molecular flexibility index (Phi) is 5.14. The molecule has 1 aromatic carbocycles. The fourth-order valence-corrected chi connectivity index (χ4v) is 6.01. The molecule has 8 nitrogen and oxygen atoms in total. The van der Waals surface area contributed by atoms with E-state index in [9.17, 15) is 23.6 Å². The van der Waals surface area contributed by atoms with Gasteiger partial charge in [-0.3, -0.25) is 29.1 Å². The number of benzene rings is 1. The molecule has 3 amide bonds. The fourth-order valence-electron chi connectivity index (χ4n) is 5.81. The van der Waals surface area contributed by atoms with Crippen molar-refractivity contribution in [2.75, 3.05) is 11.4 Å². The normalized spacial score (nSPS) is 28.5. The largest absolute Gasteiger partial charge is 0.338 e. The Morgan fingerprint density at radius 1 is 1.06 bits per heavy atom. The van der Waals surface area contributed by atoms with Crippen molar-refractivity contribution in [1.29, 1.82) is 0 Å². The van der Waals surface area contributed by atoms with Crippen LogP contribution in [0.25, 0.3) is 0 Å². The first kappa shape index (κ1) is 22.2. The lowest BCUT2D eigenvalue weighted by molar-refractivity contribution is -0.166. The molecule has 2 aromatic rings. The molecule has 0 N–H and O–H groups in total. The molecule has 6 rings (SSSR count). The summed E-state index contributed by atoms with van der Waals surface area (Å²) >= 11 is 5.88. The van der Waals surface area contributed by atoms with Gasteiger partial charge in [0.05, 0.1) is 16.9 Å². The van der Waals surface area contributed by atoms with Crippen LogP contribution in [-0.2, 0) is 25.7 Å². The molecule has 1 aromatic heterocycles. The van der Waals surface area contributed by atoms with E-state index in [2.05, 4.69) is 4.98 Å². The molecule has 4 fully saturated rings. The van der Waals surface area contributed by atoms with Crippen LogP contribution in [0.3, 0.4) is 0 Å². The van der Waals surface area contributed by atoms with Gasteiger partial charge < -0.3 is 9.80 Å². The third kappa shape index (κ3) is 3.43. The number of piperidine rings is 2. The molecule has 3 aliphatic heterocycles. The van der Waals surface area contributed by atoms with Gasteiger partial charge in [0.1, 0.15) is 23.9 Å². The van der Waals surface area contributed by atoms with Crippen LogP contribution >= 0.6 is 11.6 Å². The molecular weight excluding hydrogens is 475 g/mol. The van der Waals surface area contributed by atoms with Gasteiger partial charge in [-0.05, 0) is 55.0 Å². The molecule has 4 heterocycles. The Balaban J connectivity index is 1.32. The number of anilines is 1. The van der Waals surface area contributed by atoms with Crippen LogP contribution in [-0.4, -0.2) is 57.0 Å². The molecule has 3 saturated heterocycles. The van der Waals surface area contributed by atoms with Gasteiger partial charge in [-0.2, -0.15) is 0 Å². The Hall–Kier alpha value is -3.33. The first-order chi connectivity index (χ1) is 16.9. The second-order valence-corrected chi connectivity index (χ2v) is 10.0. The zero-order valence-corrected chi connectivity index (χ0v) is 19.4. The molecule has 0 radical (unpaired) electrons. The SMILES string of the molecule is O=C1C(=O)N2C(C(=O)N(c3cccnc3)C2C2CC2)C2CCN(Cc3ccc(F)c(Cl)c3)C(=O)C12. The maximum absolute atomic E-state index is 13.8. The van der Waals surface area contributed by atoms with E-state index in [1.165, 1.54) is 28.0 Å². The van der Waals surface area contributed by atoms with Crippen molar-refractivity contribution in [3.8, 4) is 0 Å². The minimum atomic E-state index is -1.20. The molecule has 10 heteroatoms. The minimum absolute atomic E-state index is 0.0532. The zero-order valence-electron chi connectivity index (χ0n) is 18.6. The second kappa shape index (κ2) is 8.12. The van der Waals surface area contributed by atoms with E-state index in [4.69, 9.17) is 11.6 Å². The number of fused-ring (bicyclic) bond motifs is 3. The first-order valence-corrected chi connectivity index (χ1v) is 12.1. The van der Waals surface area contributed by atoms with Gasteiger partial charge in [-0.25, -0.2) is 4.39 Å². The lowest BCUT2D eigenvalue weighted by Crippen LogP contribution is -2.64. The summed E-state index contributed by atoms with van der Waals surface area (Å²) in [5.74, 6) is -4.53. The lowest BCUT2D eigenvalue weighted by atomic mass is 9.73. The number of Topliss-reactive ketones (excluding diaryl/α,β-unsaturated/α-hetero) is 1. The van der Waals surface area contributed by atoms with E-state index in [-0.39, 0.29) is 23.4 Å². The number of amides is 3. The lowest BCUT2D eigenvalue weighted by Gasteiger charge is -2.45. The highest BCUT2D eigenvalue weighted by molar-refractivity contribution is 6.42. The number of rotatable bonds is 4. The van der Waals surface area contributed by atoms with Crippen molar-refractivity contribution in [2.45, 2.75) is 38.0 Å². The van der Waals surface area contributed by atoms with E-state index in [1.807, 2.05) is 0 Å². The Bertz CT molecular complexity index is 1250. The molecular formula is C25H22ClFN4O4. The summed E-state index contributed by atoms with van der Waals surface area (Å²) in [4.78, 5) is 62.5. The van der Waals surface area contributed by atoms with Crippen molar-refractivity contribution in [1.82, 2.24) is 14.8 Å². The third-order valence-corrected chi connectivity index (χ3v) is 7.83. The number of carbonyl (C=O) groups is 4. The van der Waals surface area contributed by atoms with Crippen molar-refractivity contribution in [3.63, 3.8) is 0 Å². The summed E-state index contributed by atoms with van der Waals surface area (Å²) in [7, 11) is 0. The number of ketones is 1. The van der Waals surface area contributed by atoms with Crippen LogP contribution in [0.2, 0.25) is 5.02 Å². The van der Waals surface area contributed by atoms with Gasteiger partial charge in [0, 0.05) is 25.2 Å². The molecule has 180 valence electrons. The fraction of sp³-hybridized carbons (Fsp3) is 0.400. The van der Waals surface area contributed by atoms with Crippen molar-refractivity contribution >= 4 is 40.8 Å². The maximum Gasteiger partial charge on any atom is 0.293 e. The Morgan fingerprint density at radius 2 is 1.86 bits per heavy atom. The quantitative estimate of drug-likeness (QED) is 0.479. The summed E-state index contributed by atoms with van der Waals surface area (Å²) in [6, 6.07) is 6.83. The van der Waals surface area contributed by atoms with Gasteiger partial charge in [0.2, 0.25) is 11.7 Å². The van der Waals surface area contributed by atoms with Gasteiger partial charge >= 0.3 is 0 Å². The summed E-state index contributed by atoms with van der Waals surface area (Å²) in [6.07, 6.45) is 4.77. The number of halogens is 2. The molecule has 35 heavy (non-hydrogen) atoms. The number of likely N-dealkylation sites (tertiary alicyclic amines) is 1. The van der Waals surface area contributed by atoms with E-state index in [0.29, 0.717) is 24.2 Å². The van der Waals surface area contributed by atoms with E-state index in [0.717, 1.165) is 12.8 Å². The van der Waals surface area contributed by atoms with Gasteiger partial charge in [-0.1, -0.05) is 17.7 Å². The molecule has 1 saturated carbocycles. The first-order valence-electron chi connectivity index (χ1n) is 11.7. The zero-order chi connectivity index (χ0) is 24.4. The summed E-state index contributed by atoms with van der Waals surface area (Å²) < 4.78 is 13.5. The molecule has 1 aliphatic carbocycles. The number of hydrogen-bond donors (Lipinski definition) is 0. The summed E-state index contributed by atoms with van der Waals surface area (Å²) in [5.41, 5.74) is 1.20. The average molecular weight is 497 g/mol. The van der Waals surface area contributed by atoms with Gasteiger partial charge in [-0.15, -0.1) is 0 Å². The minimum Gasteiger partial charge on any atom is -0.338 e. The number of hydrogen-bond acceptors (Lipinski definition) is 5. The van der Waals surface area contributed by atoms with E-state index < -0.39 is 47.5 Å². The predicted octanol–water partition coefficient (Wildman–Crippen LogP) is 2.40. The molecule has 4 atom stereocenters. The standard InChI is InChI=1S/C25H22ClFN4O4/c26-17-10-13(3-6-18(17)27)12-29-9-7-16-19(23(29)33)21(32)25(35)31-20(16)24(34)30(22(31)14-4-5-14)15-2-1-8-28-11-15/h1-3,6,8,10-11,14,16,19-20,22H,4-5,7,9,12H2. The Morgan fingerprint density at radius 3 is 2.54 bits per heavy atom. The highest BCUT2D eigenvalue weighted by atomic mass is 35.5. The smallest absolute Gasteiger partial charge is 0.293 e. The van der Waals surface area contributed by atoms with Crippen molar-refractivity contribution < 1.29 is 23.6 Å². The van der Waals surface area contributed by atoms with Crippen LogP contribution < -0.4 is 4.90 Å².